The lowest BCUT2D eigenvalue weighted by atomic mass is 10.1. The van der Waals surface area contributed by atoms with Gasteiger partial charge in [-0.3, -0.25) is 4.98 Å². The molecule has 0 atom stereocenters. The molecule has 1 rings (SSSR count). The van der Waals surface area contributed by atoms with Crippen LogP contribution < -0.4 is 0 Å². The number of aryl methyl sites for hydroxylation is 2. The van der Waals surface area contributed by atoms with Gasteiger partial charge < -0.3 is 10.0 Å². The molecule has 0 fully saturated rings. The first-order valence-electron chi connectivity index (χ1n) is 4.37. The van der Waals surface area contributed by atoms with Crippen LogP contribution in [-0.2, 0) is 6.54 Å². The molecule has 0 saturated carbocycles. The minimum Gasteiger partial charge on any atom is -0.465 e. The molecule has 1 amide bonds. The van der Waals surface area contributed by atoms with E-state index in [0.29, 0.717) is 6.54 Å². The van der Waals surface area contributed by atoms with Crippen molar-refractivity contribution in [1.29, 1.82) is 0 Å². The topological polar surface area (TPSA) is 53.4 Å². The summed E-state index contributed by atoms with van der Waals surface area (Å²) in [5.74, 6) is 0. The molecule has 0 unspecified atom stereocenters. The minimum absolute atomic E-state index is 0.335. The fourth-order valence-electron chi connectivity index (χ4n) is 1.20. The molecule has 0 bridgehead atoms. The molecule has 0 aliphatic carbocycles. The first kappa shape index (κ1) is 10.5. The third kappa shape index (κ3) is 2.45. The van der Waals surface area contributed by atoms with E-state index >= 15 is 0 Å². The standard InChI is InChI=1S/C10H14N2O2/c1-7-4-8(2)9(11-5-7)6-12(3)10(13)14/h4-5H,6H2,1-3H3,(H,13,14). The summed E-state index contributed by atoms with van der Waals surface area (Å²) >= 11 is 0. The summed E-state index contributed by atoms with van der Waals surface area (Å²) in [6.07, 6.45) is 0.810. The Bertz CT molecular complexity index is 350. The van der Waals surface area contributed by atoms with E-state index in [0.717, 1.165) is 16.8 Å². The van der Waals surface area contributed by atoms with Gasteiger partial charge in [0.1, 0.15) is 0 Å². The summed E-state index contributed by atoms with van der Waals surface area (Å²) < 4.78 is 0. The predicted molar refractivity (Wildman–Crippen MR) is 53.2 cm³/mol. The van der Waals surface area contributed by atoms with Crippen LogP contribution >= 0.6 is 0 Å². The highest BCUT2D eigenvalue weighted by molar-refractivity contribution is 5.64. The summed E-state index contributed by atoms with van der Waals surface area (Å²) in [5, 5.41) is 8.69. The fourth-order valence-corrected chi connectivity index (χ4v) is 1.20. The molecule has 1 N–H and O–H groups in total. The van der Waals surface area contributed by atoms with Crippen LogP contribution in [-0.4, -0.2) is 28.1 Å². The highest BCUT2D eigenvalue weighted by atomic mass is 16.4. The van der Waals surface area contributed by atoms with E-state index in [1.54, 1.807) is 6.20 Å². The van der Waals surface area contributed by atoms with Gasteiger partial charge in [-0.25, -0.2) is 4.79 Å². The smallest absolute Gasteiger partial charge is 0.407 e. The third-order valence-electron chi connectivity index (χ3n) is 2.04. The van der Waals surface area contributed by atoms with Gasteiger partial charge in [-0.1, -0.05) is 6.07 Å². The summed E-state index contributed by atoms with van der Waals surface area (Å²) in [5.41, 5.74) is 2.92. The Hall–Kier alpha value is -1.58. The van der Waals surface area contributed by atoms with Crippen molar-refractivity contribution in [2.75, 3.05) is 7.05 Å². The molecule has 0 aliphatic rings. The quantitative estimate of drug-likeness (QED) is 0.781. The van der Waals surface area contributed by atoms with Crippen LogP contribution in [0.2, 0.25) is 0 Å². The first-order valence-corrected chi connectivity index (χ1v) is 4.37. The monoisotopic (exact) mass is 194 g/mol. The number of hydrogen-bond acceptors (Lipinski definition) is 2. The van der Waals surface area contributed by atoms with E-state index < -0.39 is 6.09 Å². The minimum atomic E-state index is -0.938. The Balaban J connectivity index is 2.82. The summed E-state index contributed by atoms with van der Waals surface area (Å²) in [7, 11) is 1.53. The van der Waals surface area contributed by atoms with Crippen LogP contribution in [0.25, 0.3) is 0 Å². The van der Waals surface area contributed by atoms with Gasteiger partial charge in [-0.15, -0.1) is 0 Å². The lowest BCUT2D eigenvalue weighted by Gasteiger charge is -2.13. The molecule has 1 aromatic rings. The predicted octanol–water partition coefficient (Wildman–Crippen LogP) is 1.81. The van der Waals surface area contributed by atoms with Gasteiger partial charge >= 0.3 is 6.09 Å². The molecule has 0 spiro atoms. The van der Waals surface area contributed by atoms with E-state index in [1.807, 2.05) is 19.9 Å². The van der Waals surface area contributed by atoms with Gasteiger partial charge in [0, 0.05) is 13.2 Å². The van der Waals surface area contributed by atoms with Crippen LogP contribution in [0.3, 0.4) is 0 Å². The average molecular weight is 194 g/mol. The molecule has 1 aromatic heterocycles. The Morgan fingerprint density at radius 3 is 2.71 bits per heavy atom. The van der Waals surface area contributed by atoms with E-state index in [2.05, 4.69) is 4.98 Å². The van der Waals surface area contributed by atoms with E-state index in [1.165, 1.54) is 11.9 Å². The lowest BCUT2D eigenvalue weighted by molar-refractivity contribution is 0.153. The van der Waals surface area contributed by atoms with Gasteiger partial charge in [0.25, 0.3) is 0 Å². The van der Waals surface area contributed by atoms with Crippen molar-refractivity contribution in [1.82, 2.24) is 9.88 Å². The Morgan fingerprint density at radius 2 is 2.21 bits per heavy atom. The van der Waals surface area contributed by atoms with E-state index in [9.17, 15) is 4.79 Å². The molecule has 14 heavy (non-hydrogen) atoms. The van der Waals surface area contributed by atoms with Crippen molar-refractivity contribution in [3.8, 4) is 0 Å². The van der Waals surface area contributed by atoms with Crippen LogP contribution in [0, 0.1) is 13.8 Å². The zero-order chi connectivity index (χ0) is 10.7. The van der Waals surface area contributed by atoms with Gasteiger partial charge in [0.15, 0.2) is 0 Å². The molecular weight excluding hydrogens is 180 g/mol. The maximum absolute atomic E-state index is 10.6. The summed E-state index contributed by atoms with van der Waals surface area (Å²) in [4.78, 5) is 16.0. The van der Waals surface area contributed by atoms with Crippen molar-refractivity contribution in [3.63, 3.8) is 0 Å². The van der Waals surface area contributed by atoms with Gasteiger partial charge in [-0.2, -0.15) is 0 Å². The summed E-state index contributed by atoms with van der Waals surface area (Å²) in [6.45, 7) is 4.23. The first-order chi connectivity index (χ1) is 6.50. The Morgan fingerprint density at radius 1 is 1.57 bits per heavy atom. The number of nitrogens with zero attached hydrogens (tertiary/aromatic N) is 2. The Labute approximate surface area is 83.2 Å². The number of aromatic nitrogens is 1. The number of carbonyl (C=O) groups is 1. The molecule has 0 aliphatic heterocycles. The van der Waals surface area contributed by atoms with Crippen molar-refractivity contribution in [2.45, 2.75) is 20.4 Å². The number of rotatable bonds is 2. The van der Waals surface area contributed by atoms with Gasteiger partial charge in [0.2, 0.25) is 0 Å². The molecule has 4 heteroatoms. The van der Waals surface area contributed by atoms with E-state index in [-0.39, 0.29) is 0 Å². The Kier molecular flexibility index (Phi) is 3.06. The maximum atomic E-state index is 10.6. The van der Waals surface area contributed by atoms with Crippen molar-refractivity contribution in [3.05, 3.63) is 29.1 Å². The lowest BCUT2D eigenvalue weighted by Crippen LogP contribution is -2.24. The SMILES string of the molecule is Cc1cnc(CN(C)C(=O)O)c(C)c1. The second kappa shape index (κ2) is 4.09. The normalized spacial score (nSPS) is 9.93. The highest BCUT2D eigenvalue weighted by Crippen LogP contribution is 2.08. The van der Waals surface area contributed by atoms with Crippen LogP contribution in [0.15, 0.2) is 12.3 Å². The zero-order valence-corrected chi connectivity index (χ0v) is 8.61. The summed E-state index contributed by atoms with van der Waals surface area (Å²) in [6, 6.07) is 2.00. The third-order valence-corrected chi connectivity index (χ3v) is 2.04. The van der Waals surface area contributed by atoms with Crippen molar-refractivity contribution >= 4 is 6.09 Å². The number of pyridine rings is 1. The number of hydrogen-bond donors (Lipinski definition) is 1. The van der Waals surface area contributed by atoms with Gasteiger partial charge in [-0.05, 0) is 25.0 Å². The average Bonchev–Trinajstić information content (AvgIpc) is 2.09. The van der Waals surface area contributed by atoms with Gasteiger partial charge in [0.05, 0.1) is 12.2 Å². The van der Waals surface area contributed by atoms with Crippen LogP contribution in [0.5, 0.6) is 0 Å². The second-order valence-corrected chi connectivity index (χ2v) is 3.41. The molecular formula is C10H14N2O2. The maximum Gasteiger partial charge on any atom is 0.407 e. The molecule has 0 aromatic carbocycles. The molecule has 0 saturated heterocycles. The zero-order valence-electron chi connectivity index (χ0n) is 8.61. The number of carboxylic acid groups (broad SMARTS) is 1. The van der Waals surface area contributed by atoms with Crippen molar-refractivity contribution in [2.24, 2.45) is 0 Å². The largest absolute Gasteiger partial charge is 0.465 e. The van der Waals surface area contributed by atoms with E-state index in [4.69, 9.17) is 5.11 Å². The number of amides is 1. The second-order valence-electron chi connectivity index (χ2n) is 3.41. The van der Waals surface area contributed by atoms with Crippen LogP contribution in [0.1, 0.15) is 16.8 Å². The molecule has 0 radical (unpaired) electrons. The fraction of sp³-hybridized carbons (Fsp3) is 0.400. The van der Waals surface area contributed by atoms with Crippen LogP contribution in [0.4, 0.5) is 4.79 Å². The molecule has 4 nitrogen and oxygen atoms in total. The highest BCUT2D eigenvalue weighted by Gasteiger charge is 2.08. The molecule has 76 valence electrons. The van der Waals surface area contributed by atoms with Crippen molar-refractivity contribution < 1.29 is 9.90 Å². The molecule has 1 heterocycles.